The van der Waals surface area contributed by atoms with Crippen LogP contribution in [0.4, 0.5) is 10.5 Å². The summed E-state index contributed by atoms with van der Waals surface area (Å²) >= 11 is 7.39. The van der Waals surface area contributed by atoms with Gasteiger partial charge >= 0.3 is 6.03 Å². The monoisotopic (exact) mass is 363 g/mol. The number of aliphatic imine (C=N–C) groups is 2. The van der Waals surface area contributed by atoms with Gasteiger partial charge in [0.15, 0.2) is 0 Å². The molecule has 1 heterocycles. The molecular formula is C17H18ClN3O2S. The molecule has 1 aliphatic heterocycles. The smallest absolute Gasteiger partial charge is 0.325 e. The number of nitrogens with one attached hydrogen (secondary N) is 1. The fraction of sp³-hybridized carbons (Fsp3) is 0.412. The fourth-order valence-electron chi connectivity index (χ4n) is 2.92. The molecule has 1 fully saturated rings. The first-order chi connectivity index (χ1) is 11.5. The number of rotatable bonds is 3. The van der Waals surface area contributed by atoms with Gasteiger partial charge in [0.05, 0.1) is 10.8 Å². The summed E-state index contributed by atoms with van der Waals surface area (Å²) < 4.78 is 0. The van der Waals surface area contributed by atoms with Crippen LogP contribution in [0.15, 0.2) is 28.2 Å². The number of hydrogen-bond acceptors (Lipinski definition) is 3. The summed E-state index contributed by atoms with van der Waals surface area (Å²) in [5.74, 6) is 0.185. The van der Waals surface area contributed by atoms with Gasteiger partial charge in [-0.1, -0.05) is 35.9 Å². The van der Waals surface area contributed by atoms with E-state index >= 15 is 0 Å². The average molecular weight is 364 g/mol. The van der Waals surface area contributed by atoms with Crippen LogP contribution in [0.25, 0.3) is 0 Å². The van der Waals surface area contributed by atoms with Crippen molar-refractivity contribution in [1.29, 1.82) is 0 Å². The summed E-state index contributed by atoms with van der Waals surface area (Å²) in [6.45, 7) is 1.86. The first kappa shape index (κ1) is 17.2. The second-order valence-electron chi connectivity index (χ2n) is 5.88. The molecule has 1 aromatic rings. The van der Waals surface area contributed by atoms with Crippen molar-refractivity contribution in [2.75, 3.05) is 11.1 Å². The van der Waals surface area contributed by atoms with Crippen LogP contribution in [-0.4, -0.2) is 28.4 Å². The van der Waals surface area contributed by atoms with E-state index in [-0.39, 0.29) is 17.6 Å². The molecule has 24 heavy (non-hydrogen) atoms. The molecule has 0 radical (unpaired) electrons. The van der Waals surface area contributed by atoms with E-state index in [1.165, 1.54) is 11.8 Å². The summed E-state index contributed by atoms with van der Waals surface area (Å²) in [6, 6.07) is 4.95. The molecule has 0 aromatic heterocycles. The molecule has 1 saturated carbocycles. The predicted octanol–water partition coefficient (Wildman–Crippen LogP) is 4.48. The number of thioether (sulfide) groups is 1. The Balaban J connectivity index is 1.61. The Morgan fingerprint density at radius 1 is 1.38 bits per heavy atom. The van der Waals surface area contributed by atoms with E-state index < -0.39 is 6.03 Å². The van der Waals surface area contributed by atoms with Gasteiger partial charge in [0, 0.05) is 22.3 Å². The minimum absolute atomic E-state index is 0.113. The maximum atomic E-state index is 12.2. The molecule has 3 rings (SSSR count). The van der Waals surface area contributed by atoms with Crippen molar-refractivity contribution in [3.8, 4) is 0 Å². The van der Waals surface area contributed by atoms with Crippen LogP contribution < -0.4 is 5.32 Å². The summed E-state index contributed by atoms with van der Waals surface area (Å²) in [6.07, 6.45) is 3.97. The Labute approximate surface area is 150 Å². The van der Waals surface area contributed by atoms with Crippen LogP contribution in [0.2, 0.25) is 5.02 Å². The van der Waals surface area contributed by atoms with Crippen LogP contribution in [0, 0.1) is 12.8 Å². The van der Waals surface area contributed by atoms with E-state index in [4.69, 9.17) is 11.6 Å². The van der Waals surface area contributed by atoms with Crippen molar-refractivity contribution in [3.05, 3.63) is 28.8 Å². The SMILES string of the molecule is Cc1c(Cl)cccc1NC(=O)CSC1=NC(=O)N=C2CCCCC21. The third-order valence-electron chi connectivity index (χ3n) is 4.21. The highest BCUT2D eigenvalue weighted by Crippen LogP contribution is 2.30. The normalized spacial score (nSPS) is 20.1. The molecule has 2 aliphatic rings. The second-order valence-corrected chi connectivity index (χ2v) is 7.29. The zero-order valence-electron chi connectivity index (χ0n) is 13.3. The first-order valence-electron chi connectivity index (χ1n) is 7.92. The highest BCUT2D eigenvalue weighted by Gasteiger charge is 2.30. The van der Waals surface area contributed by atoms with Gasteiger partial charge in [-0.2, -0.15) is 4.99 Å². The Kier molecular flexibility index (Phi) is 5.36. The van der Waals surface area contributed by atoms with E-state index in [1.54, 1.807) is 12.1 Å². The number of anilines is 1. The highest BCUT2D eigenvalue weighted by atomic mass is 35.5. The van der Waals surface area contributed by atoms with Gasteiger partial charge in [0.25, 0.3) is 0 Å². The molecule has 0 bridgehead atoms. The van der Waals surface area contributed by atoms with Crippen LogP contribution >= 0.6 is 23.4 Å². The van der Waals surface area contributed by atoms with Gasteiger partial charge in [-0.05, 0) is 43.9 Å². The maximum Gasteiger partial charge on any atom is 0.367 e. The molecule has 126 valence electrons. The van der Waals surface area contributed by atoms with E-state index in [0.29, 0.717) is 10.7 Å². The summed E-state index contributed by atoms with van der Waals surface area (Å²) in [7, 11) is 0. The number of benzene rings is 1. The second kappa shape index (κ2) is 7.49. The van der Waals surface area contributed by atoms with Gasteiger partial charge in [0.2, 0.25) is 5.91 Å². The molecule has 1 unspecified atom stereocenters. The lowest BCUT2D eigenvalue weighted by Crippen LogP contribution is -2.31. The molecule has 1 N–H and O–H groups in total. The van der Waals surface area contributed by atoms with Gasteiger partial charge in [-0.3, -0.25) is 4.79 Å². The Morgan fingerprint density at radius 3 is 3.04 bits per heavy atom. The Morgan fingerprint density at radius 2 is 2.21 bits per heavy atom. The third-order valence-corrected chi connectivity index (χ3v) is 5.70. The topological polar surface area (TPSA) is 70.9 Å². The number of carbonyl (C=O) groups excluding carboxylic acids is 2. The molecule has 1 atom stereocenters. The van der Waals surface area contributed by atoms with E-state index in [9.17, 15) is 9.59 Å². The van der Waals surface area contributed by atoms with Crippen molar-refractivity contribution < 1.29 is 9.59 Å². The number of urea groups is 1. The molecule has 7 heteroatoms. The van der Waals surface area contributed by atoms with E-state index in [0.717, 1.165) is 42.0 Å². The molecule has 0 spiro atoms. The minimum atomic E-state index is -0.447. The molecular weight excluding hydrogens is 346 g/mol. The number of fused-ring (bicyclic) bond motifs is 1. The largest absolute Gasteiger partial charge is 0.367 e. The van der Waals surface area contributed by atoms with E-state index in [1.807, 2.05) is 13.0 Å². The van der Waals surface area contributed by atoms with Gasteiger partial charge in [-0.25, -0.2) is 9.79 Å². The van der Waals surface area contributed by atoms with Crippen LogP contribution in [0.1, 0.15) is 31.2 Å². The number of nitrogens with zero attached hydrogens (tertiary/aromatic N) is 2. The first-order valence-corrected chi connectivity index (χ1v) is 9.28. The minimum Gasteiger partial charge on any atom is -0.325 e. The predicted molar refractivity (Wildman–Crippen MR) is 99.5 cm³/mol. The molecule has 1 aromatic carbocycles. The Bertz CT molecular complexity index is 745. The Hall–Kier alpha value is -1.66. The van der Waals surface area contributed by atoms with Crippen molar-refractivity contribution in [2.24, 2.45) is 15.9 Å². The number of halogens is 1. The van der Waals surface area contributed by atoms with Crippen molar-refractivity contribution in [1.82, 2.24) is 0 Å². The van der Waals surface area contributed by atoms with Crippen molar-refractivity contribution in [2.45, 2.75) is 32.6 Å². The van der Waals surface area contributed by atoms with Gasteiger partial charge in [0.1, 0.15) is 0 Å². The molecule has 1 aliphatic carbocycles. The average Bonchev–Trinajstić information content (AvgIpc) is 2.56. The van der Waals surface area contributed by atoms with Crippen molar-refractivity contribution in [3.63, 3.8) is 0 Å². The van der Waals surface area contributed by atoms with E-state index in [2.05, 4.69) is 15.3 Å². The number of hydrogen-bond donors (Lipinski definition) is 1. The zero-order chi connectivity index (χ0) is 17.1. The van der Waals surface area contributed by atoms with Crippen LogP contribution in [0.3, 0.4) is 0 Å². The standard InChI is InChI=1S/C17H18ClN3O2S/c1-10-12(18)6-4-8-13(10)19-15(22)9-24-16-11-5-2-3-7-14(11)20-17(23)21-16/h4,6,8,11H,2-3,5,7,9H2,1H3,(H,19,22). The number of amides is 3. The summed E-state index contributed by atoms with van der Waals surface area (Å²) in [5, 5.41) is 4.20. The van der Waals surface area contributed by atoms with Crippen molar-refractivity contribution >= 4 is 51.7 Å². The maximum absolute atomic E-state index is 12.2. The summed E-state index contributed by atoms with van der Waals surface area (Å²) in [5.41, 5.74) is 2.47. The number of carbonyl (C=O) groups is 2. The quantitative estimate of drug-likeness (QED) is 0.860. The summed E-state index contributed by atoms with van der Waals surface area (Å²) in [4.78, 5) is 31.9. The van der Waals surface area contributed by atoms with Crippen LogP contribution in [-0.2, 0) is 4.79 Å². The lowest BCUT2D eigenvalue weighted by atomic mass is 9.87. The zero-order valence-corrected chi connectivity index (χ0v) is 14.9. The lowest BCUT2D eigenvalue weighted by molar-refractivity contribution is -0.113. The van der Waals surface area contributed by atoms with Gasteiger partial charge in [-0.15, -0.1) is 0 Å². The molecule has 5 nitrogen and oxygen atoms in total. The highest BCUT2D eigenvalue weighted by molar-refractivity contribution is 8.14. The third kappa shape index (κ3) is 3.87. The molecule has 0 saturated heterocycles. The molecule has 3 amide bonds. The lowest BCUT2D eigenvalue weighted by Gasteiger charge is -2.26. The van der Waals surface area contributed by atoms with Crippen LogP contribution in [0.5, 0.6) is 0 Å². The fourth-order valence-corrected chi connectivity index (χ4v) is 4.04. The van der Waals surface area contributed by atoms with Gasteiger partial charge < -0.3 is 5.32 Å².